The highest BCUT2D eigenvalue weighted by atomic mass is 32.1. The van der Waals surface area contributed by atoms with Gasteiger partial charge in [-0.05, 0) is 39.1 Å². The van der Waals surface area contributed by atoms with E-state index >= 15 is 0 Å². The summed E-state index contributed by atoms with van der Waals surface area (Å²) in [5, 5.41) is 1.08. The zero-order valence-corrected chi connectivity index (χ0v) is 11.5. The first-order chi connectivity index (χ1) is 8.63. The van der Waals surface area contributed by atoms with E-state index in [9.17, 15) is 4.79 Å². The van der Waals surface area contributed by atoms with Crippen LogP contribution in [-0.2, 0) is 0 Å². The second-order valence-electron chi connectivity index (χ2n) is 5.05. The fraction of sp³-hybridized carbons (Fsp3) is 0.429. The van der Waals surface area contributed by atoms with Crippen LogP contribution in [-0.4, -0.2) is 35.8 Å². The van der Waals surface area contributed by atoms with Crippen LogP contribution in [0, 0.1) is 0 Å². The molecule has 0 amide bonds. The number of aromatic nitrogens is 1. The first-order valence-electron chi connectivity index (χ1n) is 6.23. The van der Waals surface area contributed by atoms with E-state index in [0.717, 1.165) is 28.2 Å². The van der Waals surface area contributed by atoms with Gasteiger partial charge in [0.15, 0.2) is 5.78 Å². The van der Waals surface area contributed by atoms with E-state index in [1.807, 2.05) is 6.07 Å². The summed E-state index contributed by atoms with van der Waals surface area (Å²) in [5.74, 6) is 0.669. The number of carbonyl (C=O) groups excluding carboxylic acids is 1. The van der Waals surface area contributed by atoms with E-state index in [-0.39, 0.29) is 5.78 Å². The average molecular weight is 260 g/mol. The van der Waals surface area contributed by atoms with Gasteiger partial charge in [0.1, 0.15) is 4.83 Å². The minimum absolute atomic E-state index is 0.125. The lowest BCUT2D eigenvalue weighted by Gasteiger charge is -2.09. The smallest absolute Gasteiger partial charge is 0.169 e. The summed E-state index contributed by atoms with van der Waals surface area (Å²) in [5.41, 5.74) is 1.17. The zero-order valence-electron chi connectivity index (χ0n) is 10.6. The number of rotatable bonds is 2. The van der Waals surface area contributed by atoms with E-state index in [1.54, 1.807) is 6.92 Å². The Hall–Kier alpha value is -1.26. The second-order valence-corrected chi connectivity index (χ2v) is 6.08. The number of pyridine rings is 1. The molecule has 4 heteroatoms. The molecule has 0 N–H and O–H groups in total. The van der Waals surface area contributed by atoms with E-state index in [4.69, 9.17) is 4.98 Å². The zero-order chi connectivity index (χ0) is 12.7. The first-order valence-corrected chi connectivity index (χ1v) is 7.05. The molecule has 3 heterocycles. The highest BCUT2D eigenvalue weighted by Crippen LogP contribution is 2.29. The molecule has 0 spiro atoms. The molecule has 1 fully saturated rings. The molecule has 0 bridgehead atoms. The highest BCUT2D eigenvalue weighted by molar-refractivity contribution is 7.20. The molecule has 3 nitrogen and oxygen atoms in total. The SMILES string of the molecule is CC(=O)c1cc2ccc([C@H]3CCN(C)C3)nc2s1. The van der Waals surface area contributed by atoms with Gasteiger partial charge in [-0.1, -0.05) is 6.07 Å². The van der Waals surface area contributed by atoms with Crippen molar-refractivity contribution in [2.45, 2.75) is 19.3 Å². The molecule has 0 radical (unpaired) electrons. The van der Waals surface area contributed by atoms with Gasteiger partial charge in [0.05, 0.1) is 4.88 Å². The first kappa shape index (κ1) is 11.8. The molecule has 0 aromatic carbocycles. The topological polar surface area (TPSA) is 33.2 Å². The predicted molar refractivity (Wildman–Crippen MR) is 74.5 cm³/mol. The quantitative estimate of drug-likeness (QED) is 0.778. The van der Waals surface area contributed by atoms with Crippen LogP contribution in [0.2, 0.25) is 0 Å². The molecule has 0 unspecified atom stereocenters. The van der Waals surface area contributed by atoms with Crippen LogP contribution in [0.25, 0.3) is 10.2 Å². The van der Waals surface area contributed by atoms with Gasteiger partial charge in [0.25, 0.3) is 0 Å². The number of hydrogen-bond acceptors (Lipinski definition) is 4. The molecule has 3 rings (SSSR count). The van der Waals surface area contributed by atoms with Crippen LogP contribution in [0.1, 0.15) is 34.6 Å². The summed E-state index contributed by atoms with van der Waals surface area (Å²) in [6.45, 7) is 3.84. The Bertz CT molecular complexity index is 605. The van der Waals surface area contributed by atoms with Crippen LogP contribution in [0.4, 0.5) is 0 Å². The van der Waals surface area contributed by atoms with Crippen LogP contribution in [0.3, 0.4) is 0 Å². The van der Waals surface area contributed by atoms with E-state index in [1.165, 1.54) is 23.5 Å². The minimum Gasteiger partial charge on any atom is -0.306 e. The van der Waals surface area contributed by atoms with Gasteiger partial charge in [-0.25, -0.2) is 4.98 Å². The van der Waals surface area contributed by atoms with Gasteiger partial charge in [-0.15, -0.1) is 11.3 Å². The summed E-state index contributed by atoms with van der Waals surface area (Å²) in [7, 11) is 2.15. The Morgan fingerprint density at radius 2 is 2.33 bits per heavy atom. The van der Waals surface area contributed by atoms with E-state index < -0.39 is 0 Å². The van der Waals surface area contributed by atoms with E-state index in [2.05, 4.69) is 24.1 Å². The maximum atomic E-state index is 11.4. The number of ketones is 1. The van der Waals surface area contributed by atoms with E-state index in [0.29, 0.717) is 5.92 Å². The lowest BCUT2D eigenvalue weighted by molar-refractivity contribution is 0.102. The third kappa shape index (κ3) is 2.06. The molecule has 2 aromatic rings. The Labute approximate surface area is 110 Å². The van der Waals surface area contributed by atoms with Crippen molar-refractivity contribution in [3.8, 4) is 0 Å². The van der Waals surface area contributed by atoms with Gasteiger partial charge in [-0.2, -0.15) is 0 Å². The number of thiophene rings is 1. The number of Topliss-reactive ketones (excluding diaryl/α,β-unsaturated/α-hetero) is 1. The summed E-state index contributed by atoms with van der Waals surface area (Å²) in [6, 6.07) is 6.15. The minimum atomic E-state index is 0.125. The van der Waals surface area contributed by atoms with Gasteiger partial charge < -0.3 is 4.90 Å². The molecule has 0 aliphatic carbocycles. The number of likely N-dealkylation sites (tertiary alicyclic amines) is 1. The highest BCUT2D eigenvalue weighted by Gasteiger charge is 2.22. The fourth-order valence-electron chi connectivity index (χ4n) is 2.51. The molecular weight excluding hydrogens is 244 g/mol. The van der Waals surface area contributed by atoms with Gasteiger partial charge in [0.2, 0.25) is 0 Å². The normalized spacial score (nSPS) is 20.7. The monoisotopic (exact) mass is 260 g/mol. The number of carbonyl (C=O) groups is 1. The summed E-state index contributed by atoms with van der Waals surface area (Å²) in [4.78, 5) is 20.2. The maximum Gasteiger partial charge on any atom is 0.169 e. The lowest BCUT2D eigenvalue weighted by Crippen LogP contribution is -2.13. The molecule has 1 aliphatic heterocycles. The van der Waals surface area contributed by atoms with Crippen molar-refractivity contribution >= 4 is 27.3 Å². The van der Waals surface area contributed by atoms with Gasteiger partial charge >= 0.3 is 0 Å². The molecule has 94 valence electrons. The van der Waals surface area contributed by atoms with Crippen molar-refractivity contribution in [1.29, 1.82) is 0 Å². The molecular formula is C14H16N2OS. The van der Waals surface area contributed by atoms with Gasteiger partial charge in [-0.3, -0.25) is 4.79 Å². The van der Waals surface area contributed by atoms with Crippen molar-refractivity contribution in [3.63, 3.8) is 0 Å². The van der Waals surface area contributed by atoms with Crippen molar-refractivity contribution < 1.29 is 4.79 Å². The van der Waals surface area contributed by atoms with Crippen molar-refractivity contribution in [1.82, 2.24) is 9.88 Å². The molecule has 1 saturated heterocycles. The molecule has 1 atom stereocenters. The molecule has 18 heavy (non-hydrogen) atoms. The molecule has 0 saturated carbocycles. The van der Waals surface area contributed by atoms with Crippen molar-refractivity contribution in [2.24, 2.45) is 0 Å². The maximum absolute atomic E-state index is 11.4. The van der Waals surface area contributed by atoms with Crippen molar-refractivity contribution in [3.05, 3.63) is 28.8 Å². The predicted octanol–water partition coefficient (Wildman–Crippen LogP) is 2.92. The standard InChI is InChI=1S/C14H16N2OS/c1-9(17)13-7-10-3-4-12(15-14(10)18-13)11-5-6-16(2)8-11/h3-4,7,11H,5-6,8H2,1-2H3/t11-/m0/s1. The van der Waals surface area contributed by atoms with Crippen LogP contribution < -0.4 is 0 Å². The van der Waals surface area contributed by atoms with Crippen molar-refractivity contribution in [2.75, 3.05) is 20.1 Å². The Balaban J connectivity index is 1.97. The Kier molecular flexibility index (Phi) is 2.92. The molecule has 1 aliphatic rings. The summed E-state index contributed by atoms with van der Waals surface area (Å²) in [6.07, 6.45) is 1.18. The number of hydrogen-bond donors (Lipinski definition) is 0. The Morgan fingerprint density at radius 3 is 3.00 bits per heavy atom. The third-order valence-electron chi connectivity index (χ3n) is 3.56. The van der Waals surface area contributed by atoms with Crippen LogP contribution in [0.5, 0.6) is 0 Å². The fourth-order valence-corrected chi connectivity index (χ4v) is 3.44. The van der Waals surface area contributed by atoms with Crippen LogP contribution >= 0.6 is 11.3 Å². The molecule has 2 aromatic heterocycles. The second kappa shape index (κ2) is 4.44. The Morgan fingerprint density at radius 1 is 1.50 bits per heavy atom. The lowest BCUT2D eigenvalue weighted by atomic mass is 10.0. The third-order valence-corrected chi connectivity index (χ3v) is 4.71. The largest absolute Gasteiger partial charge is 0.306 e. The summed E-state index contributed by atoms with van der Waals surface area (Å²) >= 11 is 1.50. The average Bonchev–Trinajstić information content (AvgIpc) is 2.93. The number of nitrogens with zero attached hydrogens (tertiary/aromatic N) is 2. The number of likely N-dealkylation sites (N-methyl/N-ethyl adjacent to an activating group) is 1. The van der Waals surface area contributed by atoms with Crippen LogP contribution in [0.15, 0.2) is 18.2 Å². The number of fused-ring (bicyclic) bond motifs is 1. The summed E-state index contributed by atoms with van der Waals surface area (Å²) < 4.78 is 0. The van der Waals surface area contributed by atoms with Gasteiger partial charge in [0, 0.05) is 23.5 Å².